The minimum atomic E-state index is -0.439. The number of para-hydroxylation sites is 2. The Morgan fingerprint density at radius 1 is 1.26 bits per heavy atom. The molecule has 2 aromatic rings. The number of nitrogens with two attached hydrogens (primary N) is 1. The number of halogens is 1. The average Bonchev–Trinajstić information content (AvgIpc) is 2.43. The first-order valence-electron chi connectivity index (χ1n) is 5.98. The summed E-state index contributed by atoms with van der Waals surface area (Å²) in [7, 11) is 0. The molecule has 0 saturated heterocycles. The Kier molecular flexibility index (Phi) is 4.30. The fourth-order valence-electron chi connectivity index (χ4n) is 1.62. The third kappa shape index (κ3) is 3.20. The first-order valence-corrected chi connectivity index (χ1v) is 5.98. The summed E-state index contributed by atoms with van der Waals surface area (Å²) in [5, 5.41) is 0. The maximum absolute atomic E-state index is 13.1. The van der Waals surface area contributed by atoms with E-state index in [1.807, 2.05) is 19.1 Å². The summed E-state index contributed by atoms with van der Waals surface area (Å²) >= 11 is 0. The number of hydrogen-bond donors (Lipinski definition) is 1. The summed E-state index contributed by atoms with van der Waals surface area (Å²) in [6, 6.07) is 8.54. The Labute approximate surface area is 111 Å². The molecule has 4 nitrogen and oxygen atoms in total. The second kappa shape index (κ2) is 6.15. The number of nitrogens with zero attached hydrogens (tertiary/aromatic N) is 1. The van der Waals surface area contributed by atoms with Crippen molar-refractivity contribution in [3.63, 3.8) is 0 Å². The maximum atomic E-state index is 13.1. The van der Waals surface area contributed by atoms with Crippen molar-refractivity contribution >= 4 is 0 Å². The lowest BCUT2D eigenvalue weighted by Crippen LogP contribution is -2.03. The molecular formula is C14H15FN2O2. The molecule has 1 aromatic heterocycles. The van der Waals surface area contributed by atoms with Crippen LogP contribution < -0.4 is 15.2 Å². The van der Waals surface area contributed by atoms with Gasteiger partial charge in [-0.1, -0.05) is 12.1 Å². The maximum Gasteiger partial charge on any atom is 0.224 e. The zero-order valence-corrected chi connectivity index (χ0v) is 10.6. The quantitative estimate of drug-likeness (QED) is 0.900. The van der Waals surface area contributed by atoms with Crippen LogP contribution in [0.3, 0.4) is 0 Å². The normalized spacial score (nSPS) is 10.3. The molecule has 1 aromatic carbocycles. The molecule has 0 aliphatic rings. The van der Waals surface area contributed by atoms with Crippen molar-refractivity contribution in [1.82, 2.24) is 4.98 Å². The van der Waals surface area contributed by atoms with E-state index in [0.29, 0.717) is 23.7 Å². The molecule has 2 N–H and O–H groups in total. The molecule has 0 atom stereocenters. The highest BCUT2D eigenvalue weighted by Gasteiger charge is 2.10. The predicted molar refractivity (Wildman–Crippen MR) is 69.8 cm³/mol. The minimum absolute atomic E-state index is 0.150. The van der Waals surface area contributed by atoms with Crippen molar-refractivity contribution in [2.24, 2.45) is 5.73 Å². The topological polar surface area (TPSA) is 57.4 Å². The van der Waals surface area contributed by atoms with Crippen LogP contribution >= 0.6 is 0 Å². The van der Waals surface area contributed by atoms with E-state index in [2.05, 4.69) is 4.98 Å². The molecule has 0 radical (unpaired) electrons. The van der Waals surface area contributed by atoms with Gasteiger partial charge in [0.2, 0.25) is 5.88 Å². The van der Waals surface area contributed by atoms with Gasteiger partial charge in [0.25, 0.3) is 0 Å². The summed E-state index contributed by atoms with van der Waals surface area (Å²) in [4.78, 5) is 3.91. The molecule has 0 unspecified atom stereocenters. The van der Waals surface area contributed by atoms with Gasteiger partial charge >= 0.3 is 0 Å². The Bertz CT molecular complexity index is 561. The largest absolute Gasteiger partial charge is 0.490 e. The van der Waals surface area contributed by atoms with Crippen LogP contribution in [0.2, 0.25) is 0 Å². The van der Waals surface area contributed by atoms with Gasteiger partial charge in [-0.25, -0.2) is 9.37 Å². The van der Waals surface area contributed by atoms with Crippen LogP contribution in [0.1, 0.15) is 12.5 Å². The Morgan fingerprint density at radius 2 is 2.00 bits per heavy atom. The smallest absolute Gasteiger partial charge is 0.224 e. The highest BCUT2D eigenvalue weighted by Crippen LogP contribution is 2.31. The van der Waals surface area contributed by atoms with E-state index in [1.165, 1.54) is 6.07 Å². The number of hydrogen-bond acceptors (Lipinski definition) is 4. The summed E-state index contributed by atoms with van der Waals surface area (Å²) < 4.78 is 24.2. The van der Waals surface area contributed by atoms with Crippen molar-refractivity contribution in [2.45, 2.75) is 13.5 Å². The van der Waals surface area contributed by atoms with E-state index in [4.69, 9.17) is 15.2 Å². The first kappa shape index (κ1) is 13.3. The van der Waals surface area contributed by atoms with Gasteiger partial charge in [-0.3, -0.25) is 0 Å². The van der Waals surface area contributed by atoms with E-state index in [-0.39, 0.29) is 12.4 Å². The van der Waals surface area contributed by atoms with Gasteiger partial charge in [0.05, 0.1) is 12.8 Å². The molecule has 1 heterocycles. The Hall–Kier alpha value is -2.14. The zero-order chi connectivity index (χ0) is 13.7. The Balaban J connectivity index is 2.30. The lowest BCUT2D eigenvalue weighted by atomic mass is 10.2. The Morgan fingerprint density at radius 3 is 2.68 bits per heavy atom. The zero-order valence-electron chi connectivity index (χ0n) is 10.6. The summed E-state index contributed by atoms with van der Waals surface area (Å²) in [5.41, 5.74) is 6.06. The van der Waals surface area contributed by atoms with Gasteiger partial charge in [-0.05, 0) is 25.1 Å². The lowest BCUT2D eigenvalue weighted by molar-refractivity contribution is 0.318. The van der Waals surface area contributed by atoms with Crippen LogP contribution in [-0.4, -0.2) is 11.6 Å². The number of rotatable bonds is 5. The molecule has 0 fully saturated rings. The molecule has 5 heteroatoms. The first-order chi connectivity index (χ1) is 9.24. The van der Waals surface area contributed by atoms with Crippen molar-refractivity contribution < 1.29 is 13.9 Å². The van der Waals surface area contributed by atoms with Crippen LogP contribution in [0.25, 0.3) is 0 Å². The van der Waals surface area contributed by atoms with Crippen LogP contribution in [0.15, 0.2) is 36.5 Å². The van der Waals surface area contributed by atoms with Gasteiger partial charge in [0.15, 0.2) is 11.5 Å². The van der Waals surface area contributed by atoms with Crippen LogP contribution in [0, 0.1) is 5.82 Å². The third-order valence-electron chi connectivity index (χ3n) is 2.47. The van der Waals surface area contributed by atoms with Crippen LogP contribution in [0.5, 0.6) is 17.4 Å². The molecule has 0 aliphatic heterocycles. The standard InChI is InChI=1S/C14H15FN2O2/c1-2-18-12-5-3-4-6-13(12)19-14-10(8-16)7-11(15)9-17-14/h3-7,9H,2,8,16H2,1H3. The van der Waals surface area contributed by atoms with Crippen LogP contribution in [0.4, 0.5) is 4.39 Å². The van der Waals surface area contributed by atoms with Crippen molar-refractivity contribution in [3.05, 3.63) is 47.9 Å². The summed E-state index contributed by atoms with van der Waals surface area (Å²) in [5.74, 6) is 0.985. The summed E-state index contributed by atoms with van der Waals surface area (Å²) in [6.45, 7) is 2.57. The van der Waals surface area contributed by atoms with E-state index in [9.17, 15) is 4.39 Å². The third-order valence-corrected chi connectivity index (χ3v) is 2.47. The van der Waals surface area contributed by atoms with E-state index >= 15 is 0 Å². The molecule has 0 saturated carbocycles. The molecular weight excluding hydrogens is 247 g/mol. The van der Waals surface area contributed by atoms with Gasteiger partial charge in [-0.15, -0.1) is 0 Å². The van der Waals surface area contributed by atoms with Crippen molar-refractivity contribution in [1.29, 1.82) is 0 Å². The van der Waals surface area contributed by atoms with Gasteiger partial charge in [0.1, 0.15) is 5.82 Å². The SMILES string of the molecule is CCOc1ccccc1Oc1ncc(F)cc1CN. The summed E-state index contributed by atoms with van der Waals surface area (Å²) in [6.07, 6.45) is 1.10. The highest BCUT2D eigenvalue weighted by atomic mass is 19.1. The van der Waals surface area contributed by atoms with Crippen molar-refractivity contribution in [3.8, 4) is 17.4 Å². The van der Waals surface area contributed by atoms with Gasteiger partial charge in [0, 0.05) is 12.1 Å². The fourth-order valence-corrected chi connectivity index (χ4v) is 1.62. The molecule has 0 spiro atoms. The molecule has 2 rings (SSSR count). The van der Waals surface area contributed by atoms with Gasteiger partial charge in [-0.2, -0.15) is 0 Å². The van der Waals surface area contributed by atoms with E-state index in [1.54, 1.807) is 12.1 Å². The monoisotopic (exact) mass is 262 g/mol. The predicted octanol–water partition coefficient (Wildman–Crippen LogP) is 2.87. The van der Waals surface area contributed by atoms with Crippen LogP contribution in [-0.2, 0) is 6.54 Å². The molecule has 19 heavy (non-hydrogen) atoms. The molecule has 0 bridgehead atoms. The van der Waals surface area contributed by atoms with E-state index in [0.717, 1.165) is 6.20 Å². The molecule has 0 amide bonds. The molecule has 100 valence electrons. The number of benzene rings is 1. The second-order valence-corrected chi connectivity index (χ2v) is 3.80. The number of aromatic nitrogens is 1. The number of pyridine rings is 1. The van der Waals surface area contributed by atoms with E-state index < -0.39 is 5.82 Å². The van der Waals surface area contributed by atoms with Crippen molar-refractivity contribution in [2.75, 3.05) is 6.61 Å². The number of ether oxygens (including phenoxy) is 2. The fraction of sp³-hybridized carbons (Fsp3) is 0.214. The molecule has 0 aliphatic carbocycles. The van der Waals surface area contributed by atoms with Gasteiger partial charge < -0.3 is 15.2 Å². The second-order valence-electron chi connectivity index (χ2n) is 3.80. The highest BCUT2D eigenvalue weighted by molar-refractivity contribution is 5.42. The average molecular weight is 262 g/mol. The lowest BCUT2D eigenvalue weighted by Gasteiger charge is -2.12. The minimum Gasteiger partial charge on any atom is -0.490 e.